The Balaban J connectivity index is 2.25. The minimum Gasteiger partial charge on any atom is -0.343 e. The van der Waals surface area contributed by atoms with E-state index in [4.69, 9.17) is 0 Å². The van der Waals surface area contributed by atoms with Crippen molar-refractivity contribution < 1.29 is 4.79 Å². The van der Waals surface area contributed by atoms with Gasteiger partial charge >= 0.3 is 0 Å². The van der Waals surface area contributed by atoms with Crippen LogP contribution < -0.4 is 5.32 Å². The number of hydrogen-bond donors (Lipinski definition) is 1. The first kappa shape index (κ1) is 11.0. The Bertz CT molecular complexity index is 642. The van der Waals surface area contributed by atoms with Gasteiger partial charge in [0, 0.05) is 25.0 Å². The number of hydrogen-bond acceptors (Lipinski definition) is 3. The van der Waals surface area contributed by atoms with Crippen LogP contribution in [-0.2, 0) is 12.6 Å². The lowest BCUT2D eigenvalue weighted by Gasteiger charge is -2.18. The molecule has 0 aliphatic carbocycles. The summed E-state index contributed by atoms with van der Waals surface area (Å²) in [5.74, 6) is -0.0676. The van der Waals surface area contributed by atoms with E-state index < -0.39 is 0 Å². The van der Waals surface area contributed by atoms with Gasteiger partial charge in [0.2, 0.25) is 0 Å². The maximum Gasteiger partial charge on any atom is 0.254 e. The molecule has 92 valence electrons. The monoisotopic (exact) mass is 242 g/mol. The van der Waals surface area contributed by atoms with E-state index >= 15 is 0 Å². The van der Waals surface area contributed by atoms with Crippen LogP contribution in [0, 0.1) is 0 Å². The molecule has 2 aromatic rings. The van der Waals surface area contributed by atoms with Gasteiger partial charge in [-0.25, -0.2) is 0 Å². The number of amides is 1. The number of nitrogens with zero attached hydrogens (tertiary/aromatic N) is 3. The van der Waals surface area contributed by atoms with Crippen molar-refractivity contribution >= 4 is 5.91 Å². The van der Waals surface area contributed by atoms with Gasteiger partial charge in [-0.2, -0.15) is 5.10 Å². The lowest BCUT2D eigenvalue weighted by molar-refractivity contribution is 0.0940. The van der Waals surface area contributed by atoms with Gasteiger partial charge in [0.05, 0.1) is 23.0 Å². The Labute approximate surface area is 105 Å². The fourth-order valence-corrected chi connectivity index (χ4v) is 2.39. The van der Waals surface area contributed by atoms with Crippen molar-refractivity contribution in [3.63, 3.8) is 0 Å². The number of aryl methyl sites for hydroxylation is 1. The number of fused-ring (bicyclic) bond motifs is 1. The van der Waals surface area contributed by atoms with Crippen LogP contribution in [0.5, 0.6) is 0 Å². The zero-order chi connectivity index (χ0) is 12.9. The van der Waals surface area contributed by atoms with Crippen LogP contribution in [0.15, 0.2) is 24.7 Å². The van der Waals surface area contributed by atoms with Gasteiger partial charge < -0.3 is 5.32 Å². The second-order valence-electron chi connectivity index (χ2n) is 5.06. The number of pyridine rings is 1. The molecule has 0 radical (unpaired) electrons. The number of rotatable bonds is 1. The van der Waals surface area contributed by atoms with Crippen molar-refractivity contribution in [2.45, 2.75) is 19.4 Å². The molecule has 1 amide bonds. The molecule has 1 aliphatic rings. The van der Waals surface area contributed by atoms with Crippen LogP contribution in [0.3, 0.4) is 0 Å². The average molecular weight is 242 g/mol. The summed E-state index contributed by atoms with van der Waals surface area (Å²) < 4.78 is 1.70. The van der Waals surface area contributed by atoms with E-state index in [1.165, 1.54) is 0 Å². The van der Waals surface area contributed by atoms with Crippen molar-refractivity contribution in [3.8, 4) is 11.3 Å². The van der Waals surface area contributed by atoms with Crippen molar-refractivity contribution in [1.82, 2.24) is 20.1 Å². The number of nitrogens with one attached hydrogen (secondary N) is 1. The maximum atomic E-state index is 12.1. The minimum absolute atomic E-state index is 0.0676. The Kier molecular flexibility index (Phi) is 2.08. The minimum atomic E-state index is -0.341. The normalized spacial score (nSPS) is 16.5. The van der Waals surface area contributed by atoms with E-state index in [1.807, 2.05) is 33.2 Å². The van der Waals surface area contributed by atoms with Gasteiger partial charge in [-0.3, -0.25) is 14.5 Å². The van der Waals surface area contributed by atoms with Crippen LogP contribution in [0.1, 0.15) is 29.8 Å². The third-order valence-electron chi connectivity index (χ3n) is 3.26. The molecule has 0 saturated heterocycles. The third kappa shape index (κ3) is 1.44. The molecule has 5 nitrogen and oxygen atoms in total. The van der Waals surface area contributed by atoms with Gasteiger partial charge in [0.25, 0.3) is 5.91 Å². The summed E-state index contributed by atoms with van der Waals surface area (Å²) in [7, 11) is 1.84. The van der Waals surface area contributed by atoms with Crippen LogP contribution in [0.25, 0.3) is 11.3 Å². The van der Waals surface area contributed by atoms with Crippen molar-refractivity contribution in [2.75, 3.05) is 0 Å². The van der Waals surface area contributed by atoms with E-state index in [0.29, 0.717) is 11.3 Å². The standard InChI is InChI=1S/C13H14N4O/c1-13(2)9-4-5-14-11(10(9)12(18)16-13)8-6-15-17(3)7-8/h4-7H,1-3H3,(H,16,18). The topological polar surface area (TPSA) is 59.8 Å². The summed E-state index contributed by atoms with van der Waals surface area (Å²) in [5, 5.41) is 7.09. The van der Waals surface area contributed by atoms with E-state index in [2.05, 4.69) is 15.4 Å². The molecule has 2 aromatic heterocycles. The molecule has 1 aliphatic heterocycles. The molecular formula is C13H14N4O. The van der Waals surface area contributed by atoms with E-state index in [9.17, 15) is 4.79 Å². The first-order chi connectivity index (χ1) is 8.49. The summed E-state index contributed by atoms with van der Waals surface area (Å²) >= 11 is 0. The predicted molar refractivity (Wildman–Crippen MR) is 66.9 cm³/mol. The van der Waals surface area contributed by atoms with E-state index in [-0.39, 0.29) is 11.4 Å². The highest BCUT2D eigenvalue weighted by Crippen LogP contribution is 2.35. The molecule has 18 heavy (non-hydrogen) atoms. The maximum absolute atomic E-state index is 12.1. The lowest BCUT2D eigenvalue weighted by Crippen LogP contribution is -2.32. The Morgan fingerprint density at radius 1 is 1.39 bits per heavy atom. The number of carbonyl (C=O) groups is 1. The molecule has 0 aromatic carbocycles. The molecule has 0 unspecified atom stereocenters. The molecule has 0 atom stereocenters. The first-order valence-corrected chi connectivity index (χ1v) is 5.80. The van der Waals surface area contributed by atoms with Gasteiger partial charge in [-0.1, -0.05) is 0 Å². The molecule has 5 heteroatoms. The van der Waals surface area contributed by atoms with Crippen LogP contribution in [-0.4, -0.2) is 20.7 Å². The SMILES string of the molecule is Cn1cc(-c2nccc3c2C(=O)NC3(C)C)cn1. The fourth-order valence-electron chi connectivity index (χ4n) is 2.39. The summed E-state index contributed by atoms with van der Waals surface area (Å²) in [4.78, 5) is 16.4. The molecule has 0 bridgehead atoms. The molecule has 1 N–H and O–H groups in total. The largest absolute Gasteiger partial charge is 0.343 e. The summed E-state index contributed by atoms with van der Waals surface area (Å²) in [6, 6.07) is 1.90. The van der Waals surface area contributed by atoms with Crippen molar-refractivity contribution in [3.05, 3.63) is 35.8 Å². The van der Waals surface area contributed by atoms with Gasteiger partial charge in [-0.15, -0.1) is 0 Å². The average Bonchev–Trinajstić information content (AvgIpc) is 2.82. The smallest absolute Gasteiger partial charge is 0.254 e. The highest BCUT2D eigenvalue weighted by atomic mass is 16.2. The van der Waals surface area contributed by atoms with Gasteiger partial charge in [0.15, 0.2) is 0 Å². The second kappa shape index (κ2) is 3.41. The zero-order valence-electron chi connectivity index (χ0n) is 10.6. The fraction of sp³-hybridized carbons (Fsp3) is 0.308. The van der Waals surface area contributed by atoms with Crippen molar-refractivity contribution in [1.29, 1.82) is 0 Å². The van der Waals surface area contributed by atoms with Crippen molar-refractivity contribution in [2.24, 2.45) is 7.05 Å². The summed E-state index contributed by atoms with van der Waals surface area (Å²) in [6.07, 6.45) is 5.33. The zero-order valence-corrected chi connectivity index (χ0v) is 10.6. The Morgan fingerprint density at radius 3 is 2.83 bits per heavy atom. The predicted octanol–water partition coefficient (Wildman–Crippen LogP) is 1.46. The van der Waals surface area contributed by atoms with Crippen LogP contribution in [0.4, 0.5) is 0 Å². The Hall–Kier alpha value is -2.17. The molecule has 3 heterocycles. The second-order valence-corrected chi connectivity index (χ2v) is 5.06. The number of aromatic nitrogens is 3. The molecular weight excluding hydrogens is 228 g/mol. The molecule has 0 fully saturated rings. The Morgan fingerprint density at radius 2 is 2.17 bits per heavy atom. The van der Waals surface area contributed by atoms with Crippen LogP contribution in [0.2, 0.25) is 0 Å². The van der Waals surface area contributed by atoms with Crippen LogP contribution >= 0.6 is 0 Å². The van der Waals surface area contributed by atoms with E-state index in [1.54, 1.807) is 17.1 Å². The summed E-state index contributed by atoms with van der Waals surface area (Å²) in [5.41, 5.74) is 2.87. The first-order valence-electron chi connectivity index (χ1n) is 5.80. The highest BCUT2D eigenvalue weighted by molar-refractivity contribution is 6.04. The lowest BCUT2D eigenvalue weighted by atomic mass is 9.94. The third-order valence-corrected chi connectivity index (χ3v) is 3.26. The van der Waals surface area contributed by atoms with Gasteiger partial charge in [0.1, 0.15) is 0 Å². The quantitative estimate of drug-likeness (QED) is 0.823. The number of carbonyl (C=O) groups excluding carboxylic acids is 1. The molecule has 0 saturated carbocycles. The molecule has 3 rings (SSSR count). The van der Waals surface area contributed by atoms with E-state index in [0.717, 1.165) is 11.1 Å². The summed E-state index contributed by atoms with van der Waals surface area (Å²) in [6.45, 7) is 3.98. The highest BCUT2D eigenvalue weighted by Gasteiger charge is 2.37. The molecule has 0 spiro atoms. The van der Waals surface area contributed by atoms with Gasteiger partial charge in [-0.05, 0) is 25.5 Å².